The number of para-hydroxylation sites is 2. The second-order valence-corrected chi connectivity index (χ2v) is 6.46. The van der Waals surface area contributed by atoms with E-state index in [9.17, 15) is 4.39 Å². The van der Waals surface area contributed by atoms with Crippen molar-refractivity contribution in [3.63, 3.8) is 0 Å². The van der Waals surface area contributed by atoms with Gasteiger partial charge in [-0.05, 0) is 42.0 Å². The Morgan fingerprint density at radius 1 is 0.885 bits per heavy atom. The van der Waals surface area contributed by atoms with Gasteiger partial charge in [-0.1, -0.05) is 60.1 Å². The highest BCUT2D eigenvalue weighted by Crippen LogP contribution is 2.21. The van der Waals surface area contributed by atoms with Crippen molar-refractivity contribution in [3.05, 3.63) is 101 Å². The Morgan fingerprint density at radius 3 is 2.42 bits per heavy atom. The van der Waals surface area contributed by atoms with Gasteiger partial charge in [0.15, 0.2) is 0 Å². The number of fused-ring (bicyclic) bond motifs is 1. The van der Waals surface area contributed by atoms with Crippen molar-refractivity contribution in [2.45, 2.75) is 6.54 Å². The molecular weight excluding hydrogens is 347 g/mol. The predicted molar refractivity (Wildman–Crippen MR) is 106 cm³/mol. The normalized spacial score (nSPS) is 11.5. The van der Waals surface area contributed by atoms with Crippen LogP contribution in [0.2, 0.25) is 5.02 Å². The molecule has 0 unspecified atom stereocenters. The first-order chi connectivity index (χ1) is 12.7. The van der Waals surface area contributed by atoms with E-state index in [0.29, 0.717) is 17.1 Å². The molecule has 0 spiro atoms. The fourth-order valence-corrected chi connectivity index (χ4v) is 3.06. The lowest BCUT2D eigenvalue weighted by Gasteiger charge is -2.08. The summed E-state index contributed by atoms with van der Waals surface area (Å²) in [6.45, 7) is 0.424. The molecule has 3 aromatic carbocycles. The van der Waals surface area contributed by atoms with Crippen molar-refractivity contribution >= 4 is 34.8 Å². The molecule has 4 rings (SSSR count). The number of aromatic nitrogens is 2. The summed E-state index contributed by atoms with van der Waals surface area (Å²) in [4.78, 5) is 4.70. The van der Waals surface area contributed by atoms with Gasteiger partial charge in [-0.15, -0.1) is 0 Å². The molecule has 128 valence electrons. The predicted octanol–water partition coefficient (Wildman–Crippen LogP) is 6.05. The molecule has 1 aromatic heterocycles. The lowest BCUT2D eigenvalue weighted by molar-refractivity contribution is 0.601. The van der Waals surface area contributed by atoms with Crippen molar-refractivity contribution in [3.8, 4) is 0 Å². The summed E-state index contributed by atoms with van der Waals surface area (Å²) in [5.74, 6) is 0.572. The highest BCUT2D eigenvalue weighted by molar-refractivity contribution is 6.30. The number of benzene rings is 3. The minimum atomic E-state index is -0.210. The monoisotopic (exact) mass is 362 g/mol. The maximum absolute atomic E-state index is 14.1. The van der Waals surface area contributed by atoms with Gasteiger partial charge in [-0.25, -0.2) is 9.37 Å². The van der Waals surface area contributed by atoms with E-state index >= 15 is 0 Å². The van der Waals surface area contributed by atoms with Gasteiger partial charge in [0.2, 0.25) is 0 Å². The quantitative estimate of drug-likeness (QED) is 0.432. The maximum atomic E-state index is 14.1. The van der Waals surface area contributed by atoms with Gasteiger partial charge in [0.05, 0.1) is 17.6 Å². The van der Waals surface area contributed by atoms with Gasteiger partial charge in [0.25, 0.3) is 0 Å². The van der Waals surface area contributed by atoms with Crippen LogP contribution in [0, 0.1) is 5.82 Å². The van der Waals surface area contributed by atoms with E-state index in [1.807, 2.05) is 71.3 Å². The molecular formula is C22H16ClFN2. The Labute approximate surface area is 156 Å². The molecule has 4 heteroatoms. The summed E-state index contributed by atoms with van der Waals surface area (Å²) in [6, 6.07) is 22.3. The molecule has 0 N–H and O–H groups in total. The van der Waals surface area contributed by atoms with Gasteiger partial charge >= 0.3 is 0 Å². The zero-order valence-corrected chi connectivity index (χ0v) is 14.7. The molecule has 0 radical (unpaired) electrons. The summed E-state index contributed by atoms with van der Waals surface area (Å²) in [5, 5.41) is 0.703. The van der Waals surface area contributed by atoms with Gasteiger partial charge in [-0.3, -0.25) is 0 Å². The van der Waals surface area contributed by atoms with Crippen molar-refractivity contribution < 1.29 is 4.39 Å². The zero-order chi connectivity index (χ0) is 17.9. The molecule has 0 saturated heterocycles. The van der Waals surface area contributed by atoms with E-state index in [1.54, 1.807) is 12.1 Å². The van der Waals surface area contributed by atoms with Crippen molar-refractivity contribution in [1.82, 2.24) is 9.55 Å². The largest absolute Gasteiger partial charge is 0.320 e. The molecule has 0 aliphatic heterocycles. The molecule has 26 heavy (non-hydrogen) atoms. The number of halogens is 2. The molecule has 0 aliphatic rings. The van der Waals surface area contributed by atoms with Crippen LogP contribution in [0.4, 0.5) is 4.39 Å². The molecule has 4 aromatic rings. The van der Waals surface area contributed by atoms with Crippen LogP contribution in [0.15, 0.2) is 72.8 Å². The van der Waals surface area contributed by atoms with Crippen LogP contribution in [-0.2, 0) is 6.54 Å². The standard InChI is InChI=1S/C22H16ClFN2/c23-18-12-9-16(10-13-18)11-14-22-25-20-7-3-4-8-21(20)26(22)15-17-5-1-2-6-19(17)24/h1-14H,15H2. The van der Waals surface area contributed by atoms with Crippen LogP contribution in [0.25, 0.3) is 23.2 Å². The smallest absolute Gasteiger partial charge is 0.134 e. The van der Waals surface area contributed by atoms with Crippen LogP contribution in [0.3, 0.4) is 0 Å². The first-order valence-electron chi connectivity index (χ1n) is 8.33. The molecule has 1 heterocycles. The zero-order valence-electron chi connectivity index (χ0n) is 13.9. The Hall–Kier alpha value is -2.91. The van der Waals surface area contributed by atoms with Crippen LogP contribution < -0.4 is 0 Å². The molecule has 0 saturated carbocycles. The third-order valence-corrected chi connectivity index (χ3v) is 4.52. The Morgan fingerprint density at radius 2 is 1.62 bits per heavy atom. The first-order valence-corrected chi connectivity index (χ1v) is 8.71. The average Bonchev–Trinajstić information content (AvgIpc) is 3.01. The summed E-state index contributed by atoms with van der Waals surface area (Å²) in [6.07, 6.45) is 3.93. The second kappa shape index (κ2) is 7.14. The number of imidazole rings is 1. The molecule has 0 bridgehead atoms. The topological polar surface area (TPSA) is 17.8 Å². The minimum absolute atomic E-state index is 0.210. The highest BCUT2D eigenvalue weighted by atomic mass is 35.5. The van der Waals surface area contributed by atoms with Crippen molar-refractivity contribution in [2.75, 3.05) is 0 Å². The third kappa shape index (κ3) is 3.39. The highest BCUT2D eigenvalue weighted by Gasteiger charge is 2.10. The molecule has 0 amide bonds. The Kier molecular flexibility index (Phi) is 4.55. The van der Waals surface area contributed by atoms with Gasteiger partial charge in [0, 0.05) is 10.6 Å². The Bertz CT molecular complexity index is 1080. The van der Waals surface area contributed by atoms with Gasteiger partial charge < -0.3 is 4.57 Å². The lowest BCUT2D eigenvalue weighted by Crippen LogP contribution is -2.04. The molecule has 0 aliphatic carbocycles. The van der Waals surface area contributed by atoms with E-state index in [0.717, 1.165) is 22.4 Å². The van der Waals surface area contributed by atoms with E-state index in [-0.39, 0.29) is 5.82 Å². The first kappa shape index (κ1) is 16.6. The van der Waals surface area contributed by atoms with E-state index in [2.05, 4.69) is 0 Å². The van der Waals surface area contributed by atoms with Crippen LogP contribution in [0.1, 0.15) is 17.0 Å². The number of hydrogen-bond acceptors (Lipinski definition) is 1. The Balaban J connectivity index is 1.76. The van der Waals surface area contributed by atoms with Gasteiger partial charge in [0.1, 0.15) is 11.6 Å². The average molecular weight is 363 g/mol. The summed E-state index contributed by atoms with van der Waals surface area (Å²) in [7, 11) is 0. The molecule has 0 fully saturated rings. The third-order valence-electron chi connectivity index (χ3n) is 4.27. The van der Waals surface area contributed by atoms with Crippen LogP contribution in [-0.4, -0.2) is 9.55 Å². The SMILES string of the molecule is Fc1ccccc1Cn1c(C=Cc2ccc(Cl)cc2)nc2ccccc21. The van der Waals surface area contributed by atoms with Crippen LogP contribution in [0.5, 0.6) is 0 Å². The fourth-order valence-electron chi connectivity index (χ4n) is 2.93. The lowest BCUT2D eigenvalue weighted by atomic mass is 10.2. The van der Waals surface area contributed by atoms with E-state index in [1.165, 1.54) is 6.07 Å². The fraction of sp³-hybridized carbons (Fsp3) is 0.0455. The minimum Gasteiger partial charge on any atom is -0.320 e. The van der Waals surface area contributed by atoms with Crippen LogP contribution >= 0.6 is 11.6 Å². The number of rotatable bonds is 4. The summed E-state index contributed by atoms with van der Waals surface area (Å²) < 4.78 is 16.2. The summed E-state index contributed by atoms with van der Waals surface area (Å²) >= 11 is 5.94. The summed E-state index contributed by atoms with van der Waals surface area (Å²) in [5.41, 5.74) is 3.53. The van der Waals surface area contributed by atoms with Crippen molar-refractivity contribution in [1.29, 1.82) is 0 Å². The van der Waals surface area contributed by atoms with E-state index in [4.69, 9.17) is 16.6 Å². The van der Waals surface area contributed by atoms with Crippen molar-refractivity contribution in [2.24, 2.45) is 0 Å². The van der Waals surface area contributed by atoms with Gasteiger partial charge in [-0.2, -0.15) is 0 Å². The number of nitrogens with zero attached hydrogens (tertiary/aromatic N) is 2. The molecule has 2 nitrogen and oxygen atoms in total. The number of hydrogen-bond donors (Lipinski definition) is 0. The van der Waals surface area contributed by atoms with E-state index < -0.39 is 0 Å². The molecule has 0 atom stereocenters. The maximum Gasteiger partial charge on any atom is 0.134 e. The second-order valence-electron chi connectivity index (χ2n) is 6.02.